The standard InChI is InChI=1S/C17H27N/c1-12-8-7-9-14(13(12)2)10-18-11-15-16(3,4)17(15,5)6/h7-9,15,18H,10-11H2,1-6H3. The SMILES string of the molecule is Cc1cccc(CNCC2C(C)(C)C2(C)C)c1C. The molecule has 0 heterocycles. The summed E-state index contributed by atoms with van der Waals surface area (Å²) in [6.07, 6.45) is 0. The van der Waals surface area contributed by atoms with Gasteiger partial charge in [0.25, 0.3) is 0 Å². The van der Waals surface area contributed by atoms with Crippen LogP contribution in [0.2, 0.25) is 0 Å². The summed E-state index contributed by atoms with van der Waals surface area (Å²) in [5.41, 5.74) is 5.23. The zero-order valence-electron chi connectivity index (χ0n) is 12.7. The van der Waals surface area contributed by atoms with Crippen LogP contribution in [0.15, 0.2) is 18.2 Å². The average molecular weight is 245 g/mol. The van der Waals surface area contributed by atoms with Gasteiger partial charge in [0.05, 0.1) is 0 Å². The molecule has 0 unspecified atom stereocenters. The lowest BCUT2D eigenvalue weighted by Crippen LogP contribution is -2.19. The lowest BCUT2D eigenvalue weighted by Gasteiger charge is -2.10. The van der Waals surface area contributed by atoms with E-state index in [1.165, 1.54) is 16.7 Å². The van der Waals surface area contributed by atoms with Gasteiger partial charge in [-0.25, -0.2) is 0 Å². The Labute approximate surface area is 112 Å². The highest BCUT2D eigenvalue weighted by atomic mass is 14.9. The molecule has 0 saturated heterocycles. The molecule has 0 atom stereocenters. The van der Waals surface area contributed by atoms with Gasteiger partial charge in [0.2, 0.25) is 0 Å². The topological polar surface area (TPSA) is 12.0 Å². The maximum atomic E-state index is 3.64. The van der Waals surface area contributed by atoms with Crippen LogP contribution in [0.25, 0.3) is 0 Å². The second-order valence-corrected chi connectivity index (χ2v) is 6.99. The predicted octanol–water partition coefficient (Wildman–Crippen LogP) is 4.08. The first-order valence-electron chi connectivity index (χ1n) is 7.04. The second-order valence-electron chi connectivity index (χ2n) is 6.99. The number of rotatable bonds is 4. The van der Waals surface area contributed by atoms with E-state index < -0.39 is 0 Å². The third kappa shape index (κ3) is 2.09. The molecule has 1 aliphatic carbocycles. The first kappa shape index (κ1) is 13.6. The normalized spacial score (nSPS) is 21.0. The molecule has 0 amide bonds. The lowest BCUT2D eigenvalue weighted by atomic mass is 10.0. The van der Waals surface area contributed by atoms with Crippen molar-refractivity contribution in [2.45, 2.75) is 48.1 Å². The van der Waals surface area contributed by atoms with Gasteiger partial charge >= 0.3 is 0 Å². The summed E-state index contributed by atoms with van der Waals surface area (Å²) in [5, 5.41) is 3.64. The van der Waals surface area contributed by atoms with Gasteiger partial charge in [-0.1, -0.05) is 45.9 Å². The number of aryl methyl sites for hydroxylation is 1. The predicted molar refractivity (Wildman–Crippen MR) is 78.7 cm³/mol. The van der Waals surface area contributed by atoms with Gasteiger partial charge in [0.1, 0.15) is 0 Å². The molecule has 2 rings (SSSR count). The Balaban J connectivity index is 1.89. The van der Waals surface area contributed by atoms with Gasteiger partial charge in [0.15, 0.2) is 0 Å². The molecule has 1 heteroatoms. The molecule has 1 aromatic carbocycles. The van der Waals surface area contributed by atoms with Crippen molar-refractivity contribution >= 4 is 0 Å². The number of nitrogens with one attached hydrogen (secondary N) is 1. The van der Waals surface area contributed by atoms with Gasteiger partial charge in [-0.2, -0.15) is 0 Å². The molecular formula is C17H27N. The van der Waals surface area contributed by atoms with Crippen molar-refractivity contribution in [3.05, 3.63) is 34.9 Å². The summed E-state index contributed by atoms with van der Waals surface area (Å²) in [7, 11) is 0. The minimum absolute atomic E-state index is 0.488. The maximum absolute atomic E-state index is 3.64. The summed E-state index contributed by atoms with van der Waals surface area (Å²) in [5.74, 6) is 0.801. The van der Waals surface area contributed by atoms with E-state index in [1.807, 2.05) is 0 Å². The largest absolute Gasteiger partial charge is 0.312 e. The Kier molecular flexibility index (Phi) is 3.31. The molecule has 1 N–H and O–H groups in total. The Morgan fingerprint density at radius 3 is 2.22 bits per heavy atom. The molecule has 0 radical (unpaired) electrons. The maximum Gasteiger partial charge on any atom is 0.0208 e. The van der Waals surface area contributed by atoms with Crippen LogP contribution in [0.5, 0.6) is 0 Å². The monoisotopic (exact) mass is 245 g/mol. The zero-order valence-corrected chi connectivity index (χ0v) is 12.7. The molecule has 0 spiro atoms. The van der Waals surface area contributed by atoms with Crippen LogP contribution >= 0.6 is 0 Å². The van der Waals surface area contributed by atoms with Crippen LogP contribution in [-0.4, -0.2) is 6.54 Å². The summed E-state index contributed by atoms with van der Waals surface area (Å²) in [4.78, 5) is 0. The van der Waals surface area contributed by atoms with Crippen LogP contribution in [0.1, 0.15) is 44.4 Å². The average Bonchev–Trinajstić information content (AvgIpc) is 2.66. The Hall–Kier alpha value is -0.820. The van der Waals surface area contributed by atoms with E-state index >= 15 is 0 Å². The first-order chi connectivity index (χ1) is 8.28. The van der Waals surface area contributed by atoms with Crippen molar-refractivity contribution in [2.75, 3.05) is 6.54 Å². The fraction of sp³-hybridized carbons (Fsp3) is 0.647. The van der Waals surface area contributed by atoms with Crippen LogP contribution in [0.4, 0.5) is 0 Å². The molecule has 1 aromatic rings. The Bertz CT molecular complexity index is 429. The highest BCUT2D eigenvalue weighted by Gasteiger charge is 2.63. The molecule has 0 bridgehead atoms. The summed E-state index contributed by atoms with van der Waals surface area (Å²) in [6, 6.07) is 6.58. The Morgan fingerprint density at radius 2 is 1.67 bits per heavy atom. The third-order valence-electron chi connectivity index (χ3n) is 5.70. The molecule has 18 heavy (non-hydrogen) atoms. The quantitative estimate of drug-likeness (QED) is 0.843. The van der Waals surface area contributed by atoms with Gasteiger partial charge in [-0.15, -0.1) is 0 Å². The van der Waals surface area contributed by atoms with Crippen molar-refractivity contribution in [2.24, 2.45) is 16.7 Å². The zero-order chi connectivity index (χ0) is 13.6. The second kappa shape index (κ2) is 4.38. The Morgan fingerprint density at radius 1 is 1.06 bits per heavy atom. The van der Waals surface area contributed by atoms with E-state index in [-0.39, 0.29) is 0 Å². The molecule has 1 aliphatic rings. The minimum Gasteiger partial charge on any atom is -0.312 e. The van der Waals surface area contributed by atoms with Crippen LogP contribution in [-0.2, 0) is 6.54 Å². The molecule has 1 nitrogen and oxygen atoms in total. The molecular weight excluding hydrogens is 218 g/mol. The van der Waals surface area contributed by atoms with Gasteiger partial charge in [0, 0.05) is 6.54 Å². The number of hydrogen-bond donors (Lipinski definition) is 1. The smallest absolute Gasteiger partial charge is 0.0208 e. The molecule has 1 fully saturated rings. The van der Waals surface area contributed by atoms with E-state index in [0.29, 0.717) is 10.8 Å². The minimum atomic E-state index is 0.488. The van der Waals surface area contributed by atoms with Crippen LogP contribution in [0, 0.1) is 30.6 Å². The highest BCUT2D eigenvalue weighted by molar-refractivity contribution is 5.33. The molecule has 1 saturated carbocycles. The van der Waals surface area contributed by atoms with E-state index in [4.69, 9.17) is 0 Å². The van der Waals surface area contributed by atoms with Crippen LogP contribution in [0.3, 0.4) is 0 Å². The molecule has 0 aromatic heterocycles. The molecule has 100 valence electrons. The van der Waals surface area contributed by atoms with E-state index in [9.17, 15) is 0 Å². The fourth-order valence-electron chi connectivity index (χ4n) is 3.20. The lowest BCUT2D eigenvalue weighted by molar-refractivity contribution is 0.457. The summed E-state index contributed by atoms with van der Waals surface area (Å²) < 4.78 is 0. The van der Waals surface area contributed by atoms with Crippen molar-refractivity contribution in [3.8, 4) is 0 Å². The van der Waals surface area contributed by atoms with Crippen molar-refractivity contribution in [1.82, 2.24) is 5.32 Å². The van der Waals surface area contributed by atoms with Gasteiger partial charge < -0.3 is 5.32 Å². The van der Waals surface area contributed by atoms with E-state index in [1.54, 1.807) is 0 Å². The van der Waals surface area contributed by atoms with Crippen molar-refractivity contribution in [1.29, 1.82) is 0 Å². The van der Waals surface area contributed by atoms with Gasteiger partial charge in [-0.3, -0.25) is 0 Å². The van der Waals surface area contributed by atoms with Crippen molar-refractivity contribution in [3.63, 3.8) is 0 Å². The highest BCUT2D eigenvalue weighted by Crippen LogP contribution is 2.67. The van der Waals surface area contributed by atoms with E-state index in [2.05, 4.69) is 65.1 Å². The third-order valence-corrected chi connectivity index (χ3v) is 5.70. The molecule has 0 aliphatic heterocycles. The van der Waals surface area contributed by atoms with Gasteiger partial charge in [-0.05, 0) is 53.8 Å². The van der Waals surface area contributed by atoms with E-state index in [0.717, 1.165) is 19.0 Å². The number of benzene rings is 1. The van der Waals surface area contributed by atoms with Crippen molar-refractivity contribution < 1.29 is 0 Å². The summed E-state index contributed by atoms with van der Waals surface area (Å²) >= 11 is 0. The first-order valence-corrected chi connectivity index (χ1v) is 7.04. The number of hydrogen-bond acceptors (Lipinski definition) is 1. The fourth-order valence-corrected chi connectivity index (χ4v) is 3.20. The van der Waals surface area contributed by atoms with Crippen LogP contribution < -0.4 is 5.32 Å². The summed E-state index contributed by atoms with van der Waals surface area (Å²) in [6.45, 7) is 16.1.